The molecule has 4 rings (SSSR count). The number of hydrogen-bond acceptors (Lipinski definition) is 6. The van der Waals surface area contributed by atoms with Crippen LogP contribution in [0, 0.1) is 6.92 Å². The van der Waals surface area contributed by atoms with Crippen LogP contribution in [0.5, 0.6) is 5.75 Å². The molecule has 0 fully saturated rings. The molecular weight excluding hydrogens is 472 g/mol. The van der Waals surface area contributed by atoms with Crippen molar-refractivity contribution < 1.29 is 23.5 Å². The molecule has 0 radical (unpaired) electrons. The zero-order chi connectivity index (χ0) is 26.7. The molecule has 1 atom stereocenters. The Morgan fingerprint density at radius 3 is 2.59 bits per heavy atom. The Hall–Kier alpha value is -4.07. The summed E-state index contributed by atoms with van der Waals surface area (Å²) in [6, 6.07) is 11.6. The lowest BCUT2D eigenvalue weighted by molar-refractivity contribution is -0.136. The summed E-state index contributed by atoms with van der Waals surface area (Å²) in [5.41, 5.74) is 2.43. The predicted octanol–water partition coefficient (Wildman–Crippen LogP) is 5.58. The summed E-state index contributed by atoms with van der Waals surface area (Å²) in [6.45, 7) is 9.08. The second kappa shape index (κ2) is 10.5. The van der Waals surface area contributed by atoms with Gasteiger partial charge in [-0.2, -0.15) is 0 Å². The molecule has 2 heterocycles. The van der Waals surface area contributed by atoms with E-state index in [9.17, 15) is 14.4 Å². The largest absolute Gasteiger partial charge is 0.444 e. The second-order valence-corrected chi connectivity index (χ2v) is 10.2. The van der Waals surface area contributed by atoms with Gasteiger partial charge in [0, 0.05) is 29.6 Å². The van der Waals surface area contributed by atoms with Gasteiger partial charge in [0.05, 0.1) is 5.39 Å². The van der Waals surface area contributed by atoms with Gasteiger partial charge in [0.15, 0.2) is 0 Å². The van der Waals surface area contributed by atoms with Crippen LogP contribution < -0.4 is 15.7 Å². The number of ether oxygens (including phenoxy) is 2. The first-order chi connectivity index (χ1) is 17.5. The molecule has 0 saturated carbocycles. The average molecular weight is 505 g/mol. The molecule has 2 aromatic carbocycles. The molecule has 0 saturated heterocycles. The minimum atomic E-state index is -1.03. The Morgan fingerprint density at radius 1 is 1.11 bits per heavy atom. The van der Waals surface area contributed by atoms with E-state index in [1.165, 1.54) is 6.07 Å². The predicted molar refractivity (Wildman–Crippen MR) is 142 cm³/mol. The molecule has 0 unspecified atom stereocenters. The number of aromatic nitrogens is 1. The third-order valence-electron chi connectivity index (χ3n) is 5.84. The highest BCUT2D eigenvalue weighted by molar-refractivity contribution is 5.92. The van der Waals surface area contributed by atoms with Crippen LogP contribution in [0.1, 0.15) is 50.8 Å². The van der Waals surface area contributed by atoms with Crippen LogP contribution in [0.2, 0.25) is 0 Å². The van der Waals surface area contributed by atoms with E-state index in [1.807, 2.05) is 44.3 Å². The van der Waals surface area contributed by atoms with Gasteiger partial charge < -0.3 is 24.2 Å². The maximum atomic E-state index is 13.6. The van der Waals surface area contributed by atoms with E-state index < -0.39 is 29.3 Å². The van der Waals surface area contributed by atoms with Crippen molar-refractivity contribution in [3.05, 3.63) is 75.8 Å². The SMILES string of the molecule is CCCc1cc(=O)oc2cc(C)cc(OC(=O)[C@H](Cc3c[nH]c4ccccc34)NC(=O)OC(C)(C)C)c12. The van der Waals surface area contributed by atoms with E-state index in [0.29, 0.717) is 17.4 Å². The van der Waals surface area contributed by atoms with E-state index in [-0.39, 0.29) is 12.2 Å². The number of aryl methyl sites for hydroxylation is 2. The summed E-state index contributed by atoms with van der Waals surface area (Å²) in [5, 5.41) is 4.20. The smallest absolute Gasteiger partial charge is 0.408 e. The summed E-state index contributed by atoms with van der Waals surface area (Å²) in [7, 11) is 0. The van der Waals surface area contributed by atoms with Crippen LogP contribution in [0.25, 0.3) is 21.9 Å². The number of fused-ring (bicyclic) bond motifs is 2. The number of para-hydroxylation sites is 1. The van der Waals surface area contributed by atoms with Crippen molar-refractivity contribution in [1.82, 2.24) is 10.3 Å². The number of hydrogen-bond donors (Lipinski definition) is 2. The summed E-state index contributed by atoms with van der Waals surface area (Å²) >= 11 is 0. The van der Waals surface area contributed by atoms with E-state index in [4.69, 9.17) is 13.9 Å². The van der Waals surface area contributed by atoms with Gasteiger partial charge in [0.1, 0.15) is 23.0 Å². The molecule has 0 spiro atoms. The second-order valence-electron chi connectivity index (χ2n) is 10.2. The van der Waals surface area contributed by atoms with Gasteiger partial charge in [-0.15, -0.1) is 0 Å². The van der Waals surface area contributed by atoms with Gasteiger partial charge in [-0.3, -0.25) is 0 Å². The zero-order valence-corrected chi connectivity index (χ0v) is 21.8. The molecule has 2 aromatic heterocycles. The summed E-state index contributed by atoms with van der Waals surface area (Å²) in [5.74, 6) is -0.376. The summed E-state index contributed by atoms with van der Waals surface area (Å²) in [6.07, 6.45) is 2.69. The summed E-state index contributed by atoms with van der Waals surface area (Å²) < 4.78 is 16.7. The molecule has 1 amide bonds. The number of aromatic amines is 1. The van der Waals surface area contributed by atoms with Crippen LogP contribution in [0.15, 0.2) is 57.9 Å². The van der Waals surface area contributed by atoms with Crippen molar-refractivity contribution in [1.29, 1.82) is 0 Å². The van der Waals surface area contributed by atoms with E-state index >= 15 is 0 Å². The number of amides is 1. The fraction of sp³-hybridized carbons (Fsp3) is 0.345. The van der Waals surface area contributed by atoms with Crippen LogP contribution >= 0.6 is 0 Å². The monoisotopic (exact) mass is 504 g/mol. The third-order valence-corrected chi connectivity index (χ3v) is 5.84. The van der Waals surface area contributed by atoms with Crippen molar-refractivity contribution in [3.8, 4) is 5.75 Å². The van der Waals surface area contributed by atoms with E-state index in [2.05, 4.69) is 10.3 Å². The molecule has 0 aliphatic carbocycles. The van der Waals surface area contributed by atoms with E-state index in [0.717, 1.165) is 34.0 Å². The lowest BCUT2D eigenvalue weighted by Gasteiger charge is -2.23. The van der Waals surface area contributed by atoms with Gasteiger partial charge in [-0.1, -0.05) is 31.5 Å². The summed E-state index contributed by atoms with van der Waals surface area (Å²) in [4.78, 5) is 41.5. The number of alkyl carbamates (subject to hydrolysis) is 1. The lowest BCUT2D eigenvalue weighted by atomic mass is 10.0. The standard InChI is InChI=1S/C29H32N2O6/c1-6-9-18-15-25(32)35-23-12-17(2)13-24(26(18)23)36-27(33)22(31-28(34)37-29(3,4)5)14-19-16-30-21-11-8-7-10-20(19)21/h7-8,10-13,15-16,22,30H,6,9,14H2,1-5H3,(H,31,34)/t22-/m0/s1. The number of rotatable bonds is 7. The molecular formula is C29H32N2O6. The highest BCUT2D eigenvalue weighted by Crippen LogP contribution is 2.31. The highest BCUT2D eigenvalue weighted by Gasteiger charge is 2.28. The van der Waals surface area contributed by atoms with Crippen LogP contribution in [0.4, 0.5) is 4.79 Å². The topological polar surface area (TPSA) is 111 Å². The molecule has 2 N–H and O–H groups in total. The van der Waals surface area contributed by atoms with E-state index in [1.54, 1.807) is 32.9 Å². The molecule has 4 aromatic rings. The molecule has 194 valence electrons. The first-order valence-electron chi connectivity index (χ1n) is 12.4. The molecule has 0 aliphatic heterocycles. The van der Waals surface area contributed by atoms with Gasteiger partial charge in [-0.05, 0) is 69.0 Å². The molecule has 8 nitrogen and oxygen atoms in total. The van der Waals surface area contributed by atoms with Gasteiger partial charge >= 0.3 is 17.7 Å². The number of carbonyl (C=O) groups excluding carboxylic acids is 2. The maximum absolute atomic E-state index is 13.6. The fourth-order valence-electron chi connectivity index (χ4n) is 4.36. The molecule has 8 heteroatoms. The number of esters is 1. The van der Waals surface area contributed by atoms with Crippen molar-refractivity contribution in [3.63, 3.8) is 0 Å². The van der Waals surface area contributed by atoms with Crippen molar-refractivity contribution in [2.24, 2.45) is 0 Å². The van der Waals surface area contributed by atoms with Gasteiger partial charge in [-0.25, -0.2) is 14.4 Å². The Bertz CT molecular complexity index is 1510. The van der Waals surface area contributed by atoms with Gasteiger partial charge in [0.2, 0.25) is 0 Å². The molecule has 37 heavy (non-hydrogen) atoms. The quantitative estimate of drug-likeness (QED) is 0.193. The first-order valence-corrected chi connectivity index (χ1v) is 12.4. The van der Waals surface area contributed by atoms with Gasteiger partial charge in [0.25, 0.3) is 0 Å². The minimum absolute atomic E-state index is 0.183. The zero-order valence-electron chi connectivity index (χ0n) is 21.8. The number of H-pyrrole nitrogens is 1. The Kier molecular flexibility index (Phi) is 7.38. The number of nitrogens with one attached hydrogen (secondary N) is 2. The van der Waals surface area contributed by atoms with Crippen LogP contribution in [-0.4, -0.2) is 28.7 Å². The van der Waals surface area contributed by atoms with Crippen molar-refractivity contribution in [2.45, 2.75) is 65.5 Å². The van der Waals surface area contributed by atoms with Crippen molar-refractivity contribution >= 4 is 33.9 Å². The van der Waals surface area contributed by atoms with Crippen LogP contribution in [-0.2, 0) is 22.4 Å². The molecule has 0 bridgehead atoms. The Morgan fingerprint density at radius 2 is 1.86 bits per heavy atom. The normalized spacial score (nSPS) is 12.5. The average Bonchev–Trinajstić information content (AvgIpc) is 3.19. The Labute approximate surface area is 215 Å². The fourth-order valence-corrected chi connectivity index (χ4v) is 4.36. The minimum Gasteiger partial charge on any atom is -0.444 e. The molecule has 0 aliphatic rings. The lowest BCUT2D eigenvalue weighted by Crippen LogP contribution is -2.46. The Balaban J connectivity index is 1.71. The van der Waals surface area contributed by atoms with Crippen LogP contribution in [0.3, 0.4) is 0 Å². The number of benzene rings is 2. The first kappa shape index (κ1) is 26.0. The number of carbonyl (C=O) groups is 2. The van der Waals surface area contributed by atoms with Crippen molar-refractivity contribution in [2.75, 3.05) is 0 Å². The maximum Gasteiger partial charge on any atom is 0.408 e. The highest BCUT2D eigenvalue weighted by atomic mass is 16.6. The third kappa shape index (κ3) is 6.20.